The summed E-state index contributed by atoms with van der Waals surface area (Å²) >= 11 is 0. The number of carbonyl (C=O) groups is 1. The van der Waals surface area contributed by atoms with E-state index in [0.717, 1.165) is 12.8 Å². The molecular weight excluding hydrogens is 204 g/mol. The topological polar surface area (TPSA) is 64.3 Å². The summed E-state index contributed by atoms with van der Waals surface area (Å²) in [6.07, 6.45) is 4.47. The molecule has 0 aliphatic heterocycles. The highest BCUT2D eigenvalue weighted by Gasteiger charge is 2.27. The van der Waals surface area contributed by atoms with Crippen LogP contribution in [-0.2, 0) is 4.74 Å². The fourth-order valence-electron chi connectivity index (χ4n) is 2.19. The lowest BCUT2D eigenvalue weighted by Crippen LogP contribution is -2.46. The van der Waals surface area contributed by atoms with Crippen LogP contribution < -0.4 is 11.1 Å². The Morgan fingerprint density at radius 2 is 2.00 bits per heavy atom. The van der Waals surface area contributed by atoms with Crippen molar-refractivity contribution in [1.82, 2.24) is 5.32 Å². The van der Waals surface area contributed by atoms with E-state index in [1.54, 1.807) is 0 Å². The predicted molar refractivity (Wildman–Crippen MR) is 64.2 cm³/mol. The van der Waals surface area contributed by atoms with Gasteiger partial charge in [0.25, 0.3) is 0 Å². The molecule has 0 aromatic carbocycles. The third-order valence-electron chi connectivity index (χ3n) is 2.92. The molecule has 0 saturated heterocycles. The van der Waals surface area contributed by atoms with Crippen LogP contribution in [0.1, 0.15) is 46.5 Å². The van der Waals surface area contributed by atoms with Gasteiger partial charge in [-0.3, -0.25) is 0 Å². The third kappa shape index (κ3) is 4.39. The molecule has 1 atom stereocenters. The molecule has 0 aromatic rings. The number of nitrogens with one attached hydrogen (secondary N) is 1. The van der Waals surface area contributed by atoms with Gasteiger partial charge in [0.2, 0.25) is 0 Å². The van der Waals surface area contributed by atoms with Crippen molar-refractivity contribution in [3.8, 4) is 0 Å². The molecule has 1 aliphatic rings. The van der Waals surface area contributed by atoms with Gasteiger partial charge in [0.1, 0.15) is 5.60 Å². The molecule has 3 N–H and O–H groups in total. The first kappa shape index (κ1) is 13.3. The maximum Gasteiger partial charge on any atom is 0.407 e. The van der Waals surface area contributed by atoms with Gasteiger partial charge >= 0.3 is 6.09 Å². The Balaban J connectivity index is 2.40. The van der Waals surface area contributed by atoms with E-state index in [0.29, 0.717) is 12.5 Å². The smallest absolute Gasteiger partial charge is 0.407 e. The van der Waals surface area contributed by atoms with E-state index in [9.17, 15) is 4.79 Å². The lowest BCUT2D eigenvalue weighted by Gasteiger charge is -2.26. The highest BCUT2D eigenvalue weighted by atomic mass is 16.6. The zero-order valence-electron chi connectivity index (χ0n) is 10.6. The first-order chi connectivity index (χ1) is 7.42. The second kappa shape index (κ2) is 5.53. The largest absolute Gasteiger partial charge is 0.444 e. The van der Waals surface area contributed by atoms with E-state index in [2.05, 4.69) is 5.32 Å². The van der Waals surface area contributed by atoms with E-state index in [-0.39, 0.29) is 12.1 Å². The molecule has 1 amide bonds. The maximum absolute atomic E-state index is 11.6. The minimum Gasteiger partial charge on any atom is -0.444 e. The monoisotopic (exact) mass is 228 g/mol. The van der Waals surface area contributed by atoms with E-state index in [1.807, 2.05) is 20.8 Å². The first-order valence-corrected chi connectivity index (χ1v) is 6.12. The molecule has 4 nitrogen and oxygen atoms in total. The first-order valence-electron chi connectivity index (χ1n) is 6.12. The highest BCUT2D eigenvalue weighted by Crippen LogP contribution is 2.27. The second-order valence-corrected chi connectivity index (χ2v) is 5.53. The molecule has 0 heterocycles. The average Bonchev–Trinajstić information content (AvgIpc) is 2.63. The molecule has 1 fully saturated rings. The average molecular weight is 228 g/mol. The highest BCUT2D eigenvalue weighted by molar-refractivity contribution is 5.68. The Morgan fingerprint density at radius 1 is 1.44 bits per heavy atom. The number of ether oxygens (including phenoxy) is 1. The maximum atomic E-state index is 11.6. The zero-order valence-corrected chi connectivity index (χ0v) is 10.6. The molecule has 0 radical (unpaired) electrons. The standard InChI is InChI=1S/C12H24N2O2/c1-12(2,3)16-11(15)14-10(8-13)9-6-4-5-7-9/h9-10H,4-8,13H2,1-3H3,(H,14,15)/t10-/m0/s1. The van der Waals surface area contributed by atoms with E-state index in [1.165, 1.54) is 12.8 Å². The summed E-state index contributed by atoms with van der Waals surface area (Å²) in [5.74, 6) is 0.525. The predicted octanol–water partition coefficient (Wildman–Crippen LogP) is 2.03. The van der Waals surface area contributed by atoms with Crippen LogP contribution in [-0.4, -0.2) is 24.3 Å². The Labute approximate surface area is 97.9 Å². The van der Waals surface area contributed by atoms with E-state index in [4.69, 9.17) is 10.5 Å². The summed E-state index contributed by atoms with van der Waals surface area (Å²) in [6, 6.07) is 0.0670. The summed E-state index contributed by atoms with van der Waals surface area (Å²) in [5, 5.41) is 2.88. The summed E-state index contributed by atoms with van der Waals surface area (Å²) in [6.45, 7) is 6.07. The van der Waals surface area contributed by atoms with Gasteiger partial charge in [0.15, 0.2) is 0 Å². The lowest BCUT2D eigenvalue weighted by atomic mass is 9.98. The van der Waals surface area contributed by atoms with Gasteiger partial charge < -0.3 is 15.8 Å². The van der Waals surface area contributed by atoms with Crippen molar-refractivity contribution in [2.45, 2.75) is 58.1 Å². The Hall–Kier alpha value is -0.770. The number of amides is 1. The van der Waals surface area contributed by atoms with E-state index < -0.39 is 5.60 Å². The molecular formula is C12H24N2O2. The van der Waals surface area contributed by atoms with Crippen molar-refractivity contribution >= 4 is 6.09 Å². The molecule has 0 unspecified atom stereocenters. The Bertz CT molecular complexity index is 230. The van der Waals surface area contributed by atoms with Crippen LogP contribution in [0.25, 0.3) is 0 Å². The minimum atomic E-state index is -0.446. The molecule has 94 valence electrons. The number of carbonyl (C=O) groups excluding carboxylic acids is 1. The van der Waals surface area contributed by atoms with Crippen LogP contribution >= 0.6 is 0 Å². The van der Waals surface area contributed by atoms with Crippen molar-refractivity contribution in [3.05, 3.63) is 0 Å². The zero-order chi connectivity index (χ0) is 12.2. The lowest BCUT2D eigenvalue weighted by molar-refractivity contribution is 0.0489. The summed E-state index contributed by atoms with van der Waals surface area (Å²) < 4.78 is 5.22. The molecule has 1 saturated carbocycles. The molecule has 0 spiro atoms. The number of alkyl carbamates (subject to hydrolysis) is 1. The number of hydrogen-bond acceptors (Lipinski definition) is 3. The van der Waals surface area contributed by atoms with Crippen LogP contribution in [0.3, 0.4) is 0 Å². The Morgan fingerprint density at radius 3 is 2.44 bits per heavy atom. The van der Waals surface area contributed by atoms with Gasteiger partial charge in [0.05, 0.1) is 0 Å². The van der Waals surface area contributed by atoms with Gasteiger partial charge in [-0.05, 0) is 39.5 Å². The van der Waals surface area contributed by atoms with Crippen LogP contribution in [0.2, 0.25) is 0 Å². The molecule has 1 aliphatic carbocycles. The molecule has 0 aromatic heterocycles. The number of hydrogen-bond donors (Lipinski definition) is 2. The number of rotatable bonds is 3. The van der Waals surface area contributed by atoms with Crippen LogP contribution in [0.15, 0.2) is 0 Å². The SMILES string of the molecule is CC(C)(C)OC(=O)N[C@@H](CN)C1CCCC1. The number of nitrogens with two attached hydrogens (primary N) is 1. The quantitative estimate of drug-likeness (QED) is 0.776. The van der Waals surface area contributed by atoms with Crippen LogP contribution in [0, 0.1) is 5.92 Å². The summed E-state index contributed by atoms with van der Waals surface area (Å²) in [5.41, 5.74) is 5.25. The molecule has 0 bridgehead atoms. The fourth-order valence-corrected chi connectivity index (χ4v) is 2.19. The van der Waals surface area contributed by atoms with Crippen molar-refractivity contribution in [2.24, 2.45) is 11.7 Å². The Kier molecular flexibility index (Phi) is 4.59. The normalized spacial score (nSPS) is 19.5. The minimum absolute atomic E-state index is 0.0670. The van der Waals surface area contributed by atoms with Crippen molar-refractivity contribution < 1.29 is 9.53 Å². The van der Waals surface area contributed by atoms with Gasteiger partial charge in [-0.25, -0.2) is 4.79 Å². The molecule has 16 heavy (non-hydrogen) atoms. The van der Waals surface area contributed by atoms with Gasteiger partial charge in [-0.2, -0.15) is 0 Å². The van der Waals surface area contributed by atoms with Crippen molar-refractivity contribution in [2.75, 3.05) is 6.54 Å². The fraction of sp³-hybridized carbons (Fsp3) is 0.917. The van der Waals surface area contributed by atoms with Crippen molar-refractivity contribution in [1.29, 1.82) is 0 Å². The van der Waals surface area contributed by atoms with Gasteiger partial charge in [-0.1, -0.05) is 12.8 Å². The summed E-state index contributed by atoms with van der Waals surface area (Å²) in [4.78, 5) is 11.6. The van der Waals surface area contributed by atoms with Gasteiger partial charge in [0, 0.05) is 12.6 Å². The molecule has 4 heteroatoms. The van der Waals surface area contributed by atoms with Gasteiger partial charge in [-0.15, -0.1) is 0 Å². The molecule has 1 rings (SSSR count). The van der Waals surface area contributed by atoms with Crippen LogP contribution in [0.4, 0.5) is 4.79 Å². The third-order valence-corrected chi connectivity index (χ3v) is 2.92. The van der Waals surface area contributed by atoms with Crippen molar-refractivity contribution in [3.63, 3.8) is 0 Å². The summed E-state index contributed by atoms with van der Waals surface area (Å²) in [7, 11) is 0. The van der Waals surface area contributed by atoms with Crippen LogP contribution in [0.5, 0.6) is 0 Å². The van der Waals surface area contributed by atoms with E-state index >= 15 is 0 Å². The second-order valence-electron chi connectivity index (χ2n) is 5.53.